The van der Waals surface area contributed by atoms with Gasteiger partial charge in [-0.05, 0) is 74.4 Å². The molecule has 3 unspecified atom stereocenters. The summed E-state index contributed by atoms with van der Waals surface area (Å²) in [5.74, 6) is 0.317. The van der Waals surface area contributed by atoms with Gasteiger partial charge in [0, 0.05) is 34.6 Å². The van der Waals surface area contributed by atoms with E-state index in [4.69, 9.17) is 32.7 Å². The van der Waals surface area contributed by atoms with E-state index in [2.05, 4.69) is 17.4 Å². The summed E-state index contributed by atoms with van der Waals surface area (Å²) in [5, 5.41) is 15.2. The monoisotopic (exact) mass is 563 g/mol. The Hall–Kier alpha value is -2.22. The molecule has 3 atom stereocenters. The Morgan fingerprint density at radius 2 is 1.76 bits per heavy atom. The molecule has 38 heavy (non-hydrogen) atoms. The normalized spacial score (nSPS) is 19.5. The summed E-state index contributed by atoms with van der Waals surface area (Å²) in [5.41, 5.74) is 2.99. The number of benzene rings is 3. The van der Waals surface area contributed by atoms with Gasteiger partial charge in [0.1, 0.15) is 17.2 Å². The van der Waals surface area contributed by atoms with Gasteiger partial charge < -0.3 is 24.7 Å². The quantitative estimate of drug-likeness (QED) is 0.368. The van der Waals surface area contributed by atoms with Crippen LogP contribution in [-0.4, -0.2) is 25.0 Å². The summed E-state index contributed by atoms with van der Waals surface area (Å²) in [6.45, 7) is 2.32. The maximum Gasteiger partial charge on any atom is 1.00 e. The number of aryl methyl sites for hydroxylation is 1. The molecule has 9 heteroatoms. The molecule has 1 aliphatic carbocycles. The smallest absolute Gasteiger partial charge is 0.549 e. The fraction of sp³-hybridized carbons (Fsp3) is 0.310. The molecule has 2 aliphatic rings. The van der Waals surface area contributed by atoms with Crippen molar-refractivity contribution in [2.45, 2.75) is 50.5 Å². The first-order valence-corrected chi connectivity index (χ1v) is 13.0. The number of carbonyl (C=O) groups excluding carboxylic acids is 2. The average Bonchev–Trinajstić information content (AvgIpc) is 3.35. The van der Waals surface area contributed by atoms with E-state index in [0.717, 1.165) is 36.3 Å². The van der Waals surface area contributed by atoms with Crippen LogP contribution in [0.15, 0.2) is 60.7 Å². The summed E-state index contributed by atoms with van der Waals surface area (Å²) < 4.78 is 11.3. The van der Waals surface area contributed by atoms with Gasteiger partial charge in [0.25, 0.3) is 0 Å². The fourth-order valence-corrected chi connectivity index (χ4v) is 5.05. The van der Waals surface area contributed by atoms with E-state index >= 15 is 0 Å². The summed E-state index contributed by atoms with van der Waals surface area (Å²) in [6.07, 6.45) is 4.44. The summed E-state index contributed by atoms with van der Waals surface area (Å²) >= 11 is 12.1. The van der Waals surface area contributed by atoms with Crippen LogP contribution in [0.3, 0.4) is 0 Å². The molecule has 1 amide bonds. The molecule has 1 heterocycles. The SMILES string of the molecule is Cc1ccc(Oc2cc3c(cc2Cl)C(C(=O)[O-])CCO3)cc1.O=CNC1CCC(c2ccc(Cl)cc2)C1.[Na+]. The zero-order valence-electron chi connectivity index (χ0n) is 21.4. The maximum absolute atomic E-state index is 11.2. The fourth-order valence-electron chi connectivity index (χ4n) is 4.71. The van der Waals surface area contributed by atoms with Crippen molar-refractivity contribution < 1.29 is 53.7 Å². The van der Waals surface area contributed by atoms with Gasteiger partial charge in [-0.1, -0.05) is 53.0 Å². The number of carboxylic acids is 1. The first-order valence-electron chi connectivity index (χ1n) is 12.2. The molecule has 1 N–H and O–H groups in total. The predicted molar refractivity (Wildman–Crippen MR) is 142 cm³/mol. The number of hydrogen-bond acceptors (Lipinski definition) is 5. The molecule has 0 radical (unpaired) electrons. The first-order chi connectivity index (χ1) is 17.8. The Bertz CT molecular complexity index is 1240. The second kappa shape index (κ2) is 14.2. The van der Waals surface area contributed by atoms with Crippen molar-refractivity contribution in [3.63, 3.8) is 0 Å². The Morgan fingerprint density at radius 1 is 1.05 bits per heavy atom. The standard InChI is InChI=1S/C17H15ClO4.C12H14ClNO.Na/c1-10-2-4-11(5-3-10)22-16-9-15-13(8-14(16)18)12(17(19)20)6-7-21-15;13-11-4-1-9(2-5-11)10-3-6-12(7-10)14-8-15;/h2-5,8-9,12H,6-7H2,1H3,(H,19,20);1-2,4-5,8,10,12H,3,6-7H2,(H,14,15);/q;;+1/p-1. The predicted octanol–water partition coefficient (Wildman–Crippen LogP) is 2.78. The van der Waals surface area contributed by atoms with Crippen molar-refractivity contribution in [3.05, 3.63) is 87.4 Å². The second-order valence-corrected chi connectivity index (χ2v) is 10.1. The van der Waals surface area contributed by atoms with E-state index in [9.17, 15) is 14.7 Å². The molecule has 3 aromatic rings. The number of amides is 1. The third-order valence-electron chi connectivity index (χ3n) is 6.71. The van der Waals surface area contributed by atoms with Crippen molar-refractivity contribution in [1.82, 2.24) is 5.32 Å². The number of nitrogens with one attached hydrogen (secondary N) is 1. The van der Waals surface area contributed by atoms with Crippen LogP contribution in [-0.2, 0) is 9.59 Å². The molecule has 1 fully saturated rings. The van der Waals surface area contributed by atoms with Gasteiger partial charge >= 0.3 is 29.6 Å². The van der Waals surface area contributed by atoms with Gasteiger partial charge in [-0.3, -0.25) is 4.79 Å². The molecule has 5 rings (SSSR count). The van der Waals surface area contributed by atoms with Crippen LogP contribution in [0.5, 0.6) is 17.2 Å². The third-order valence-corrected chi connectivity index (χ3v) is 7.26. The topological polar surface area (TPSA) is 87.7 Å². The van der Waals surface area contributed by atoms with E-state index in [1.165, 1.54) is 5.56 Å². The van der Waals surface area contributed by atoms with Crippen molar-refractivity contribution in [3.8, 4) is 17.2 Å². The van der Waals surface area contributed by atoms with Gasteiger partial charge in [-0.15, -0.1) is 0 Å². The summed E-state index contributed by atoms with van der Waals surface area (Å²) in [4.78, 5) is 21.5. The van der Waals surface area contributed by atoms with Crippen LogP contribution in [0, 0.1) is 6.92 Å². The van der Waals surface area contributed by atoms with E-state index < -0.39 is 11.9 Å². The van der Waals surface area contributed by atoms with Crippen LogP contribution < -0.4 is 49.5 Å². The Labute approximate surface area is 254 Å². The van der Waals surface area contributed by atoms with Gasteiger partial charge in [0.15, 0.2) is 0 Å². The number of carboxylic acid groups (broad SMARTS) is 1. The third kappa shape index (κ3) is 7.90. The van der Waals surface area contributed by atoms with Gasteiger partial charge in [0.05, 0.1) is 11.6 Å². The number of aliphatic carboxylic acids is 1. The molecule has 194 valence electrons. The van der Waals surface area contributed by atoms with Crippen LogP contribution in [0.1, 0.15) is 54.2 Å². The molecule has 0 bridgehead atoms. The zero-order chi connectivity index (χ0) is 26.4. The van der Waals surface area contributed by atoms with Crippen LogP contribution in [0.2, 0.25) is 10.0 Å². The molecular weight excluding hydrogens is 536 g/mol. The molecule has 1 saturated carbocycles. The van der Waals surface area contributed by atoms with Crippen molar-refractivity contribution in [2.75, 3.05) is 6.61 Å². The molecule has 0 spiro atoms. The zero-order valence-corrected chi connectivity index (χ0v) is 24.9. The van der Waals surface area contributed by atoms with E-state index in [1.54, 1.807) is 12.1 Å². The molecule has 1 aliphatic heterocycles. The Balaban J connectivity index is 0.000000220. The average molecular weight is 564 g/mol. The number of carbonyl (C=O) groups is 2. The number of rotatable bonds is 6. The van der Waals surface area contributed by atoms with E-state index in [0.29, 0.717) is 52.8 Å². The minimum absolute atomic E-state index is 0. The largest absolute Gasteiger partial charge is 1.00 e. The van der Waals surface area contributed by atoms with Crippen LogP contribution >= 0.6 is 23.2 Å². The molecule has 3 aromatic carbocycles. The molecule has 0 aromatic heterocycles. The number of halogens is 2. The number of hydrogen-bond donors (Lipinski definition) is 1. The molecule has 0 saturated heterocycles. The van der Waals surface area contributed by atoms with Crippen LogP contribution in [0.25, 0.3) is 0 Å². The van der Waals surface area contributed by atoms with E-state index in [-0.39, 0.29) is 29.6 Å². The summed E-state index contributed by atoms with van der Waals surface area (Å²) in [7, 11) is 0. The van der Waals surface area contributed by atoms with Crippen molar-refractivity contribution in [2.24, 2.45) is 0 Å². The molecule has 6 nitrogen and oxygen atoms in total. The second-order valence-electron chi connectivity index (χ2n) is 9.29. The number of fused-ring (bicyclic) bond motifs is 1. The van der Waals surface area contributed by atoms with Gasteiger partial charge in [-0.25, -0.2) is 0 Å². The van der Waals surface area contributed by atoms with Gasteiger partial charge in [0.2, 0.25) is 6.41 Å². The van der Waals surface area contributed by atoms with Gasteiger partial charge in [-0.2, -0.15) is 0 Å². The van der Waals surface area contributed by atoms with Crippen molar-refractivity contribution in [1.29, 1.82) is 0 Å². The Morgan fingerprint density at radius 3 is 2.42 bits per heavy atom. The summed E-state index contributed by atoms with van der Waals surface area (Å²) in [6, 6.07) is 19.1. The van der Waals surface area contributed by atoms with E-state index in [1.807, 2.05) is 43.3 Å². The van der Waals surface area contributed by atoms with Crippen molar-refractivity contribution >= 4 is 35.6 Å². The minimum atomic E-state index is -1.12. The first kappa shape index (κ1) is 30.3. The molecular formula is C29H28Cl2NNaO5. The Kier molecular flexibility index (Phi) is 11.4. The number of ether oxygens (including phenoxy) is 2. The maximum atomic E-state index is 11.2. The minimum Gasteiger partial charge on any atom is -0.549 e. The van der Waals surface area contributed by atoms with Crippen LogP contribution in [0.4, 0.5) is 0 Å².